The van der Waals surface area contributed by atoms with E-state index in [-0.39, 0.29) is 6.04 Å². The standard InChI is InChI=1S/C14H21NO2/c1-3-6-15-14(10-16-2)11-4-5-12-8-17-9-13(12)7-11/h4-5,7,14-15H,3,6,8-10H2,1-2H3. The lowest BCUT2D eigenvalue weighted by Crippen LogP contribution is -2.26. The van der Waals surface area contributed by atoms with E-state index < -0.39 is 0 Å². The Kier molecular flexibility index (Phi) is 4.54. The highest BCUT2D eigenvalue weighted by Gasteiger charge is 2.15. The van der Waals surface area contributed by atoms with Gasteiger partial charge in [-0.3, -0.25) is 0 Å². The second-order valence-corrected chi connectivity index (χ2v) is 4.48. The number of ether oxygens (including phenoxy) is 2. The van der Waals surface area contributed by atoms with Gasteiger partial charge in [0.05, 0.1) is 25.9 Å². The van der Waals surface area contributed by atoms with Gasteiger partial charge < -0.3 is 14.8 Å². The summed E-state index contributed by atoms with van der Waals surface area (Å²) in [5.74, 6) is 0. The van der Waals surface area contributed by atoms with Crippen molar-refractivity contribution in [1.82, 2.24) is 5.32 Å². The van der Waals surface area contributed by atoms with Crippen molar-refractivity contribution >= 4 is 0 Å². The molecule has 0 spiro atoms. The Morgan fingerprint density at radius 1 is 1.35 bits per heavy atom. The number of methoxy groups -OCH3 is 1. The molecule has 94 valence electrons. The molecule has 1 unspecified atom stereocenters. The van der Waals surface area contributed by atoms with E-state index in [1.165, 1.54) is 16.7 Å². The highest BCUT2D eigenvalue weighted by Crippen LogP contribution is 2.24. The van der Waals surface area contributed by atoms with E-state index in [9.17, 15) is 0 Å². The Morgan fingerprint density at radius 3 is 2.94 bits per heavy atom. The van der Waals surface area contributed by atoms with Gasteiger partial charge in [0.1, 0.15) is 0 Å². The maximum atomic E-state index is 5.44. The highest BCUT2D eigenvalue weighted by molar-refractivity contribution is 5.34. The average molecular weight is 235 g/mol. The molecule has 1 aliphatic rings. The van der Waals surface area contributed by atoms with Crippen LogP contribution >= 0.6 is 0 Å². The van der Waals surface area contributed by atoms with E-state index in [0.717, 1.165) is 26.2 Å². The predicted molar refractivity (Wildman–Crippen MR) is 67.8 cm³/mol. The summed E-state index contributed by atoms with van der Waals surface area (Å²) < 4.78 is 10.7. The zero-order chi connectivity index (χ0) is 12.1. The van der Waals surface area contributed by atoms with Crippen molar-refractivity contribution in [3.8, 4) is 0 Å². The molecule has 0 saturated carbocycles. The highest BCUT2D eigenvalue weighted by atomic mass is 16.5. The van der Waals surface area contributed by atoms with Crippen LogP contribution in [0.5, 0.6) is 0 Å². The van der Waals surface area contributed by atoms with Gasteiger partial charge in [-0.25, -0.2) is 0 Å². The van der Waals surface area contributed by atoms with Gasteiger partial charge in [0.25, 0.3) is 0 Å². The monoisotopic (exact) mass is 235 g/mol. The van der Waals surface area contributed by atoms with E-state index in [1.54, 1.807) is 7.11 Å². The molecular formula is C14H21NO2. The minimum atomic E-state index is 0.283. The van der Waals surface area contributed by atoms with Crippen LogP contribution in [0.2, 0.25) is 0 Å². The number of nitrogens with one attached hydrogen (secondary N) is 1. The van der Waals surface area contributed by atoms with Crippen LogP contribution in [0.3, 0.4) is 0 Å². The molecule has 1 heterocycles. The Morgan fingerprint density at radius 2 is 2.18 bits per heavy atom. The third-order valence-electron chi connectivity index (χ3n) is 3.12. The van der Waals surface area contributed by atoms with E-state index in [1.807, 2.05) is 0 Å². The SMILES string of the molecule is CCCNC(COC)c1ccc2c(c1)COC2. The molecule has 3 nitrogen and oxygen atoms in total. The van der Waals surface area contributed by atoms with E-state index in [2.05, 4.69) is 30.4 Å². The molecule has 1 N–H and O–H groups in total. The molecular weight excluding hydrogens is 214 g/mol. The number of hydrogen-bond donors (Lipinski definition) is 1. The van der Waals surface area contributed by atoms with Crippen LogP contribution in [-0.4, -0.2) is 20.3 Å². The molecule has 1 atom stereocenters. The van der Waals surface area contributed by atoms with E-state index in [0.29, 0.717) is 6.61 Å². The quantitative estimate of drug-likeness (QED) is 0.821. The predicted octanol–water partition coefficient (Wildman–Crippen LogP) is 2.40. The summed E-state index contributed by atoms with van der Waals surface area (Å²) >= 11 is 0. The maximum absolute atomic E-state index is 5.44. The van der Waals surface area contributed by atoms with Crippen molar-refractivity contribution in [2.75, 3.05) is 20.3 Å². The lowest BCUT2D eigenvalue weighted by molar-refractivity contribution is 0.134. The normalized spacial score (nSPS) is 15.9. The zero-order valence-electron chi connectivity index (χ0n) is 10.7. The first-order chi connectivity index (χ1) is 8.35. The summed E-state index contributed by atoms with van der Waals surface area (Å²) in [6.45, 7) is 5.40. The van der Waals surface area contributed by atoms with Gasteiger partial charge in [-0.15, -0.1) is 0 Å². The zero-order valence-corrected chi connectivity index (χ0v) is 10.7. The Bertz CT molecular complexity index is 365. The van der Waals surface area contributed by atoms with Crippen molar-refractivity contribution in [3.63, 3.8) is 0 Å². The molecule has 0 bridgehead atoms. The second kappa shape index (κ2) is 6.15. The lowest BCUT2D eigenvalue weighted by atomic mass is 10.0. The van der Waals surface area contributed by atoms with Gasteiger partial charge in [0, 0.05) is 7.11 Å². The van der Waals surface area contributed by atoms with Gasteiger partial charge in [-0.05, 0) is 29.7 Å². The Hall–Kier alpha value is -0.900. The molecule has 3 heteroatoms. The number of fused-ring (bicyclic) bond motifs is 1. The first-order valence-corrected chi connectivity index (χ1v) is 6.27. The number of rotatable bonds is 6. The molecule has 1 aromatic carbocycles. The fourth-order valence-electron chi connectivity index (χ4n) is 2.17. The van der Waals surface area contributed by atoms with Crippen molar-refractivity contribution in [2.45, 2.75) is 32.6 Å². The largest absolute Gasteiger partial charge is 0.383 e. The summed E-state index contributed by atoms with van der Waals surface area (Å²) in [6.07, 6.45) is 1.13. The van der Waals surface area contributed by atoms with Crippen LogP contribution in [-0.2, 0) is 22.7 Å². The maximum Gasteiger partial charge on any atom is 0.0725 e. The minimum Gasteiger partial charge on any atom is -0.383 e. The summed E-state index contributed by atoms with van der Waals surface area (Å²) in [5, 5.41) is 3.51. The molecule has 2 rings (SSSR count). The number of benzene rings is 1. The molecule has 0 fully saturated rings. The lowest BCUT2D eigenvalue weighted by Gasteiger charge is -2.18. The van der Waals surface area contributed by atoms with Crippen LogP contribution in [0.25, 0.3) is 0 Å². The summed E-state index contributed by atoms with van der Waals surface area (Å²) in [4.78, 5) is 0. The smallest absolute Gasteiger partial charge is 0.0725 e. The van der Waals surface area contributed by atoms with Gasteiger partial charge in [-0.1, -0.05) is 25.1 Å². The Labute approximate surface area is 103 Å². The van der Waals surface area contributed by atoms with Crippen LogP contribution in [0.1, 0.15) is 36.1 Å². The Balaban J connectivity index is 2.11. The third kappa shape index (κ3) is 3.06. The molecule has 1 aliphatic heterocycles. The minimum absolute atomic E-state index is 0.283. The van der Waals surface area contributed by atoms with Crippen molar-refractivity contribution < 1.29 is 9.47 Å². The molecule has 0 aliphatic carbocycles. The molecule has 0 radical (unpaired) electrons. The third-order valence-corrected chi connectivity index (χ3v) is 3.12. The summed E-state index contributed by atoms with van der Waals surface area (Å²) in [5.41, 5.74) is 3.94. The van der Waals surface area contributed by atoms with Crippen LogP contribution < -0.4 is 5.32 Å². The molecule has 0 aromatic heterocycles. The fraction of sp³-hybridized carbons (Fsp3) is 0.571. The summed E-state index contributed by atoms with van der Waals surface area (Å²) in [6, 6.07) is 6.88. The van der Waals surface area contributed by atoms with Crippen molar-refractivity contribution in [2.24, 2.45) is 0 Å². The molecule has 0 amide bonds. The van der Waals surface area contributed by atoms with Crippen LogP contribution in [0.4, 0.5) is 0 Å². The number of hydrogen-bond acceptors (Lipinski definition) is 3. The van der Waals surface area contributed by atoms with Gasteiger partial charge >= 0.3 is 0 Å². The molecule has 1 aromatic rings. The first-order valence-electron chi connectivity index (χ1n) is 6.27. The van der Waals surface area contributed by atoms with Crippen LogP contribution in [0.15, 0.2) is 18.2 Å². The average Bonchev–Trinajstić information content (AvgIpc) is 2.81. The topological polar surface area (TPSA) is 30.5 Å². The van der Waals surface area contributed by atoms with Gasteiger partial charge in [0.15, 0.2) is 0 Å². The van der Waals surface area contributed by atoms with Crippen molar-refractivity contribution in [1.29, 1.82) is 0 Å². The van der Waals surface area contributed by atoms with Gasteiger partial charge in [0.2, 0.25) is 0 Å². The summed E-state index contributed by atoms with van der Waals surface area (Å²) in [7, 11) is 1.75. The van der Waals surface area contributed by atoms with E-state index in [4.69, 9.17) is 9.47 Å². The molecule has 0 saturated heterocycles. The van der Waals surface area contributed by atoms with Crippen LogP contribution in [0, 0.1) is 0 Å². The first kappa shape index (κ1) is 12.6. The fourth-order valence-corrected chi connectivity index (χ4v) is 2.17. The van der Waals surface area contributed by atoms with E-state index >= 15 is 0 Å². The van der Waals surface area contributed by atoms with Crippen molar-refractivity contribution in [3.05, 3.63) is 34.9 Å². The second-order valence-electron chi connectivity index (χ2n) is 4.48. The molecule has 17 heavy (non-hydrogen) atoms. The van der Waals surface area contributed by atoms with Gasteiger partial charge in [-0.2, -0.15) is 0 Å².